The van der Waals surface area contributed by atoms with Gasteiger partial charge in [0.25, 0.3) is 0 Å². The maximum absolute atomic E-state index is 13.2. The normalized spacial score (nSPS) is 11.4. The molecule has 0 saturated heterocycles. The maximum atomic E-state index is 13.2. The molecule has 0 unspecified atom stereocenters. The number of rotatable bonds is 4. The number of nitrogens with zero attached hydrogens (tertiary/aromatic N) is 2. The molecule has 1 heterocycles. The molecule has 0 aliphatic carbocycles. The molecule has 0 radical (unpaired) electrons. The minimum absolute atomic E-state index is 0.0168. The minimum Gasteiger partial charge on any atom is -0.493 e. The molecule has 1 aromatic heterocycles. The number of aromatic nitrogens is 2. The zero-order valence-electron chi connectivity index (χ0n) is 15.5. The van der Waals surface area contributed by atoms with Gasteiger partial charge in [-0.15, -0.1) is 0 Å². The molecule has 0 bridgehead atoms. The summed E-state index contributed by atoms with van der Waals surface area (Å²) < 4.78 is 39.8. The molecule has 150 valence electrons. The van der Waals surface area contributed by atoms with Gasteiger partial charge in [-0.25, -0.2) is 0 Å². The van der Waals surface area contributed by atoms with E-state index in [1.165, 1.54) is 4.68 Å². The molecule has 4 nitrogen and oxygen atoms in total. The predicted octanol–water partition coefficient (Wildman–Crippen LogP) is 5.49. The van der Waals surface area contributed by atoms with Crippen LogP contribution in [-0.4, -0.2) is 20.7 Å². The standard InChI is InChI=1S/C23H15F3N2O2/c24-23(25,26)17-13-11-16(12-14-17)21(29)19-20(15-7-3-1-4-8-15)27-28(22(19)30)18-9-5-2-6-10-18/h1-14,30H. The van der Waals surface area contributed by atoms with Crippen LogP contribution in [0.5, 0.6) is 5.88 Å². The van der Waals surface area contributed by atoms with E-state index in [9.17, 15) is 23.1 Å². The van der Waals surface area contributed by atoms with E-state index in [-0.39, 0.29) is 22.7 Å². The van der Waals surface area contributed by atoms with Crippen LogP contribution in [0.2, 0.25) is 0 Å². The minimum atomic E-state index is -4.50. The molecule has 0 atom stereocenters. The van der Waals surface area contributed by atoms with Crippen LogP contribution in [0.1, 0.15) is 21.5 Å². The molecule has 1 N–H and O–H groups in total. The largest absolute Gasteiger partial charge is 0.493 e. The van der Waals surface area contributed by atoms with Crippen LogP contribution < -0.4 is 0 Å². The summed E-state index contributed by atoms with van der Waals surface area (Å²) >= 11 is 0. The Morgan fingerprint density at radius 3 is 1.97 bits per heavy atom. The summed E-state index contributed by atoms with van der Waals surface area (Å²) in [5, 5.41) is 15.3. The zero-order chi connectivity index (χ0) is 21.3. The van der Waals surface area contributed by atoms with E-state index in [1.807, 2.05) is 0 Å². The van der Waals surface area contributed by atoms with Crippen molar-refractivity contribution >= 4 is 5.78 Å². The van der Waals surface area contributed by atoms with E-state index in [0.717, 1.165) is 24.3 Å². The number of para-hydroxylation sites is 1. The average Bonchev–Trinajstić information content (AvgIpc) is 3.11. The number of aromatic hydroxyl groups is 1. The smallest absolute Gasteiger partial charge is 0.416 e. The van der Waals surface area contributed by atoms with Gasteiger partial charge in [-0.2, -0.15) is 23.0 Å². The molecule has 0 spiro atoms. The maximum Gasteiger partial charge on any atom is 0.416 e. The fourth-order valence-corrected chi connectivity index (χ4v) is 3.12. The van der Waals surface area contributed by atoms with E-state index < -0.39 is 17.5 Å². The predicted molar refractivity (Wildman–Crippen MR) is 106 cm³/mol. The van der Waals surface area contributed by atoms with Crippen molar-refractivity contribution in [1.29, 1.82) is 0 Å². The third-order valence-corrected chi connectivity index (χ3v) is 4.61. The van der Waals surface area contributed by atoms with E-state index in [0.29, 0.717) is 11.3 Å². The van der Waals surface area contributed by atoms with E-state index in [1.54, 1.807) is 60.7 Å². The van der Waals surface area contributed by atoms with Crippen molar-refractivity contribution in [2.24, 2.45) is 0 Å². The summed E-state index contributed by atoms with van der Waals surface area (Å²) in [7, 11) is 0. The van der Waals surface area contributed by atoms with Gasteiger partial charge >= 0.3 is 6.18 Å². The lowest BCUT2D eigenvalue weighted by Gasteiger charge is -2.08. The van der Waals surface area contributed by atoms with Gasteiger partial charge in [0.1, 0.15) is 11.3 Å². The molecule has 4 rings (SSSR count). The highest BCUT2D eigenvalue weighted by Gasteiger charge is 2.31. The van der Waals surface area contributed by atoms with E-state index in [2.05, 4.69) is 5.10 Å². The van der Waals surface area contributed by atoms with Crippen LogP contribution in [0.3, 0.4) is 0 Å². The first-order valence-corrected chi connectivity index (χ1v) is 9.01. The van der Waals surface area contributed by atoms with Crippen molar-refractivity contribution < 1.29 is 23.1 Å². The van der Waals surface area contributed by atoms with Crippen molar-refractivity contribution in [3.63, 3.8) is 0 Å². The molecule has 0 amide bonds. The van der Waals surface area contributed by atoms with Crippen molar-refractivity contribution in [1.82, 2.24) is 9.78 Å². The van der Waals surface area contributed by atoms with Crippen LogP contribution in [0.25, 0.3) is 16.9 Å². The zero-order valence-corrected chi connectivity index (χ0v) is 15.5. The summed E-state index contributed by atoms with van der Waals surface area (Å²) in [5.74, 6) is -1.01. The topological polar surface area (TPSA) is 55.1 Å². The van der Waals surface area contributed by atoms with Crippen LogP contribution in [0, 0.1) is 0 Å². The number of carbonyl (C=O) groups excluding carboxylic acids is 1. The molecular weight excluding hydrogens is 393 g/mol. The molecule has 0 aliphatic heterocycles. The Kier molecular flexibility index (Phi) is 4.87. The first-order chi connectivity index (χ1) is 14.4. The molecule has 0 fully saturated rings. The molecule has 0 saturated carbocycles. The Bertz CT molecular complexity index is 1180. The van der Waals surface area contributed by atoms with Crippen LogP contribution in [0.15, 0.2) is 84.9 Å². The number of alkyl halides is 3. The highest BCUT2D eigenvalue weighted by molar-refractivity contribution is 6.14. The second kappa shape index (κ2) is 7.51. The molecule has 7 heteroatoms. The van der Waals surface area contributed by atoms with Crippen molar-refractivity contribution in [2.75, 3.05) is 0 Å². The van der Waals surface area contributed by atoms with Crippen LogP contribution in [0.4, 0.5) is 13.2 Å². The van der Waals surface area contributed by atoms with E-state index >= 15 is 0 Å². The van der Waals surface area contributed by atoms with Gasteiger partial charge in [0, 0.05) is 11.1 Å². The van der Waals surface area contributed by atoms with Crippen molar-refractivity contribution in [3.8, 4) is 22.8 Å². The molecule has 3 aromatic carbocycles. The fourth-order valence-electron chi connectivity index (χ4n) is 3.12. The first kappa shape index (κ1) is 19.4. The highest BCUT2D eigenvalue weighted by Crippen LogP contribution is 2.34. The van der Waals surface area contributed by atoms with Gasteiger partial charge in [-0.1, -0.05) is 60.7 Å². The number of benzene rings is 3. The third-order valence-electron chi connectivity index (χ3n) is 4.61. The summed E-state index contributed by atoms with van der Waals surface area (Å²) in [4.78, 5) is 13.2. The van der Waals surface area contributed by atoms with Crippen LogP contribution in [-0.2, 0) is 6.18 Å². The molecule has 4 aromatic rings. The Morgan fingerprint density at radius 2 is 1.40 bits per heavy atom. The molecule has 30 heavy (non-hydrogen) atoms. The van der Waals surface area contributed by atoms with Gasteiger partial charge < -0.3 is 5.11 Å². The summed E-state index contributed by atoms with van der Waals surface area (Å²) in [6.45, 7) is 0. The second-order valence-corrected chi connectivity index (χ2v) is 6.56. The SMILES string of the molecule is O=C(c1ccc(C(F)(F)F)cc1)c1c(-c2ccccc2)nn(-c2ccccc2)c1O. The Hall–Kier alpha value is -3.87. The lowest BCUT2D eigenvalue weighted by atomic mass is 9.99. The Morgan fingerprint density at radius 1 is 0.833 bits per heavy atom. The number of hydrogen-bond donors (Lipinski definition) is 1. The third kappa shape index (κ3) is 3.57. The highest BCUT2D eigenvalue weighted by atomic mass is 19.4. The monoisotopic (exact) mass is 408 g/mol. The van der Waals surface area contributed by atoms with Crippen molar-refractivity contribution in [3.05, 3.63) is 102 Å². The quantitative estimate of drug-likeness (QED) is 0.454. The number of ketones is 1. The molecule has 0 aliphatic rings. The van der Waals surface area contributed by atoms with Gasteiger partial charge in [-0.05, 0) is 24.3 Å². The summed E-state index contributed by atoms with van der Waals surface area (Å²) in [6.07, 6.45) is -4.50. The number of carbonyl (C=O) groups is 1. The van der Waals surface area contributed by atoms with Gasteiger partial charge in [0.05, 0.1) is 11.3 Å². The van der Waals surface area contributed by atoms with Crippen LogP contribution >= 0.6 is 0 Å². The summed E-state index contributed by atoms with van der Waals surface area (Å²) in [5.41, 5.74) is 0.456. The summed E-state index contributed by atoms with van der Waals surface area (Å²) in [6, 6.07) is 21.4. The fraction of sp³-hybridized carbons (Fsp3) is 0.0435. The number of halogens is 3. The average molecular weight is 408 g/mol. The first-order valence-electron chi connectivity index (χ1n) is 9.01. The lowest BCUT2D eigenvalue weighted by Crippen LogP contribution is -2.07. The second-order valence-electron chi connectivity index (χ2n) is 6.56. The van der Waals surface area contributed by atoms with Gasteiger partial charge in [-0.3, -0.25) is 4.79 Å². The number of hydrogen-bond acceptors (Lipinski definition) is 3. The Balaban J connectivity index is 1.86. The lowest BCUT2D eigenvalue weighted by molar-refractivity contribution is -0.137. The Labute approximate surface area is 169 Å². The van der Waals surface area contributed by atoms with E-state index in [4.69, 9.17) is 0 Å². The molecular formula is C23H15F3N2O2. The van der Waals surface area contributed by atoms with Gasteiger partial charge in [0.2, 0.25) is 11.7 Å². The van der Waals surface area contributed by atoms with Gasteiger partial charge in [0.15, 0.2) is 0 Å². The van der Waals surface area contributed by atoms with Crippen molar-refractivity contribution in [2.45, 2.75) is 6.18 Å².